The highest BCUT2D eigenvalue weighted by atomic mass is 79.9. The molecule has 1 aromatic carbocycles. The Labute approximate surface area is 143 Å². The lowest BCUT2D eigenvalue weighted by Crippen LogP contribution is -2.22. The predicted octanol–water partition coefficient (Wildman–Crippen LogP) is 0.962. The minimum Gasteiger partial charge on any atom is -0.463 e. The van der Waals surface area contributed by atoms with E-state index in [9.17, 15) is 14.4 Å². The van der Waals surface area contributed by atoms with Crippen molar-refractivity contribution in [3.8, 4) is 0 Å². The molecule has 0 radical (unpaired) electrons. The molecule has 23 heavy (non-hydrogen) atoms. The Morgan fingerprint density at radius 1 is 1.30 bits per heavy atom. The van der Waals surface area contributed by atoms with Crippen LogP contribution < -0.4 is 20.1 Å². The van der Waals surface area contributed by atoms with Gasteiger partial charge in [-0.15, -0.1) is 11.3 Å². The number of aromatic amines is 1. The fraction of sp³-hybridized carbons (Fsp3) is 0.133. The van der Waals surface area contributed by atoms with Crippen molar-refractivity contribution >= 4 is 57.0 Å². The Balaban J connectivity index is 2.19. The summed E-state index contributed by atoms with van der Waals surface area (Å²) in [6.45, 7) is 1.91. The molecule has 2 aromatic rings. The Morgan fingerprint density at radius 3 is 2.65 bits per heavy atom. The number of rotatable bonds is 4. The fourth-order valence-corrected chi connectivity index (χ4v) is 2.76. The van der Waals surface area contributed by atoms with E-state index in [-0.39, 0.29) is 17.0 Å². The van der Waals surface area contributed by atoms with Crippen LogP contribution in [0.5, 0.6) is 0 Å². The topological polar surface area (TPSA) is 88.3 Å². The average molecular weight is 397 g/mol. The number of amides is 1. The Bertz CT molecular complexity index is 883. The molecule has 8 heteroatoms. The molecular weight excluding hydrogens is 384 g/mol. The number of carbonyl (C=O) groups is 2. The van der Waals surface area contributed by atoms with E-state index in [0.29, 0.717) is 10.4 Å². The first-order valence-electron chi connectivity index (χ1n) is 6.64. The van der Waals surface area contributed by atoms with Crippen LogP contribution in [0.15, 0.2) is 33.5 Å². The van der Waals surface area contributed by atoms with E-state index in [4.69, 9.17) is 4.74 Å². The van der Waals surface area contributed by atoms with Crippen molar-refractivity contribution in [2.45, 2.75) is 6.92 Å². The van der Waals surface area contributed by atoms with Crippen molar-refractivity contribution in [1.29, 1.82) is 0 Å². The Hall–Kier alpha value is -2.19. The number of carbonyl (C=O) groups excluding carboxylic acids is 2. The van der Waals surface area contributed by atoms with Gasteiger partial charge in [-0.05, 0) is 31.2 Å². The molecule has 6 nitrogen and oxygen atoms in total. The van der Waals surface area contributed by atoms with Gasteiger partial charge in [0.15, 0.2) is 0 Å². The standard InChI is InChI=1S/C15H13BrN2O4S/c1-2-22-14(20)7-11-15(21)18-13(23-11)8-12(19)17-10-5-3-9(16)4-6-10/h3-8H,2H2,1H3,(H,17,19)(H,18,21)/b11-7-,13-8+. The van der Waals surface area contributed by atoms with Gasteiger partial charge in [0.25, 0.3) is 11.5 Å². The van der Waals surface area contributed by atoms with Gasteiger partial charge in [0.2, 0.25) is 0 Å². The van der Waals surface area contributed by atoms with Crippen LogP contribution in [0.25, 0.3) is 12.2 Å². The van der Waals surface area contributed by atoms with Gasteiger partial charge >= 0.3 is 5.97 Å². The molecule has 0 spiro atoms. The fourth-order valence-electron chi connectivity index (χ4n) is 1.65. The van der Waals surface area contributed by atoms with Crippen molar-refractivity contribution < 1.29 is 14.3 Å². The van der Waals surface area contributed by atoms with E-state index in [1.54, 1.807) is 31.2 Å². The van der Waals surface area contributed by atoms with Crippen molar-refractivity contribution in [3.63, 3.8) is 0 Å². The number of benzene rings is 1. The number of aromatic nitrogens is 1. The van der Waals surface area contributed by atoms with Crippen molar-refractivity contribution in [2.75, 3.05) is 11.9 Å². The van der Waals surface area contributed by atoms with E-state index in [2.05, 4.69) is 26.2 Å². The van der Waals surface area contributed by atoms with Gasteiger partial charge in [0, 0.05) is 22.3 Å². The van der Waals surface area contributed by atoms with Crippen molar-refractivity contribution in [3.05, 3.63) is 48.3 Å². The summed E-state index contributed by atoms with van der Waals surface area (Å²) in [6.07, 6.45) is 2.37. The maximum absolute atomic E-state index is 11.9. The first-order chi connectivity index (χ1) is 11.0. The molecule has 1 heterocycles. The minimum atomic E-state index is -0.592. The molecule has 2 N–H and O–H groups in total. The molecule has 120 valence electrons. The third-order valence-electron chi connectivity index (χ3n) is 2.59. The average Bonchev–Trinajstić information content (AvgIpc) is 2.81. The summed E-state index contributed by atoms with van der Waals surface area (Å²) in [5.41, 5.74) is 0.192. The number of halogens is 1. The lowest BCUT2D eigenvalue weighted by Gasteiger charge is -2.00. The number of ether oxygens (including phenoxy) is 1. The molecule has 0 bridgehead atoms. The number of thiazole rings is 1. The van der Waals surface area contributed by atoms with Crippen LogP contribution in [0.2, 0.25) is 0 Å². The Morgan fingerprint density at radius 2 is 2.00 bits per heavy atom. The number of anilines is 1. The second-order valence-electron chi connectivity index (χ2n) is 4.32. The van der Waals surface area contributed by atoms with Gasteiger partial charge in [-0.2, -0.15) is 0 Å². The molecule has 0 unspecified atom stereocenters. The monoisotopic (exact) mass is 396 g/mol. The van der Waals surface area contributed by atoms with Crippen LogP contribution in [0, 0.1) is 0 Å². The maximum atomic E-state index is 11.9. The first kappa shape index (κ1) is 17.2. The Kier molecular flexibility index (Phi) is 5.89. The molecule has 2 rings (SSSR count). The quantitative estimate of drug-likeness (QED) is 0.753. The largest absolute Gasteiger partial charge is 0.463 e. The van der Waals surface area contributed by atoms with Crippen LogP contribution >= 0.6 is 27.3 Å². The van der Waals surface area contributed by atoms with Crippen LogP contribution in [-0.2, 0) is 14.3 Å². The molecule has 0 saturated carbocycles. The summed E-state index contributed by atoms with van der Waals surface area (Å²) >= 11 is 4.31. The van der Waals surface area contributed by atoms with Crippen LogP contribution in [0.4, 0.5) is 5.69 Å². The molecular formula is C15H13BrN2O4S. The van der Waals surface area contributed by atoms with Gasteiger partial charge in [-0.25, -0.2) is 4.79 Å². The molecule has 0 atom stereocenters. The van der Waals surface area contributed by atoms with Gasteiger partial charge in [0.05, 0.1) is 6.61 Å². The predicted molar refractivity (Wildman–Crippen MR) is 92.5 cm³/mol. The maximum Gasteiger partial charge on any atom is 0.332 e. The third-order valence-corrected chi connectivity index (χ3v) is 4.08. The normalized spacial score (nSPS) is 12.3. The summed E-state index contributed by atoms with van der Waals surface area (Å²) in [6, 6.07) is 7.09. The molecule has 0 aliphatic rings. The highest BCUT2D eigenvalue weighted by Crippen LogP contribution is 2.13. The smallest absolute Gasteiger partial charge is 0.332 e. The van der Waals surface area contributed by atoms with E-state index in [1.165, 1.54) is 6.08 Å². The SMILES string of the molecule is CCOC(=O)/C=c1\s/c(=C/C(=O)Nc2ccc(Br)cc2)[nH]c1=O. The molecule has 0 saturated heterocycles. The lowest BCUT2D eigenvalue weighted by molar-refractivity contribution is -0.135. The second-order valence-corrected chi connectivity index (χ2v) is 6.32. The number of hydrogen-bond donors (Lipinski definition) is 2. The summed E-state index contributed by atoms with van der Waals surface area (Å²) in [5, 5.41) is 2.67. The summed E-state index contributed by atoms with van der Waals surface area (Å²) in [5.74, 6) is -0.974. The number of hydrogen-bond acceptors (Lipinski definition) is 5. The van der Waals surface area contributed by atoms with Gasteiger partial charge in [-0.3, -0.25) is 9.59 Å². The summed E-state index contributed by atoms with van der Waals surface area (Å²) in [7, 11) is 0. The zero-order chi connectivity index (χ0) is 16.8. The highest BCUT2D eigenvalue weighted by molar-refractivity contribution is 9.10. The summed E-state index contributed by atoms with van der Waals surface area (Å²) in [4.78, 5) is 37.5. The zero-order valence-corrected chi connectivity index (χ0v) is 14.5. The van der Waals surface area contributed by atoms with Crippen LogP contribution in [0.1, 0.15) is 6.92 Å². The van der Waals surface area contributed by atoms with Crippen molar-refractivity contribution in [2.24, 2.45) is 0 Å². The van der Waals surface area contributed by atoms with E-state index in [1.807, 2.05) is 0 Å². The minimum absolute atomic E-state index is 0.186. The zero-order valence-electron chi connectivity index (χ0n) is 12.1. The third kappa shape index (κ3) is 5.19. The summed E-state index contributed by atoms with van der Waals surface area (Å²) < 4.78 is 6.18. The van der Waals surface area contributed by atoms with Crippen molar-refractivity contribution in [1.82, 2.24) is 4.98 Å². The molecule has 0 fully saturated rings. The molecule has 1 amide bonds. The van der Waals surface area contributed by atoms with Gasteiger partial charge in [-0.1, -0.05) is 15.9 Å². The second kappa shape index (κ2) is 7.89. The van der Waals surface area contributed by atoms with Gasteiger partial charge in [0.1, 0.15) is 9.20 Å². The molecule has 1 aromatic heterocycles. The number of H-pyrrole nitrogens is 1. The highest BCUT2D eigenvalue weighted by Gasteiger charge is 2.02. The molecule has 0 aliphatic heterocycles. The number of esters is 1. The van der Waals surface area contributed by atoms with E-state index < -0.39 is 11.5 Å². The van der Waals surface area contributed by atoms with Crippen LogP contribution in [0.3, 0.4) is 0 Å². The first-order valence-corrected chi connectivity index (χ1v) is 8.25. The number of nitrogens with one attached hydrogen (secondary N) is 2. The van der Waals surface area contributed by atoms with Gasteiger partial charge < -0.3 is 15.0 Å². The van der Waals surface area contributed by atoms with Crippen LogP contribution in [-0.4, -0.2) is 23.5 Å². The van der Waals surface area contributed by atoms with E-state index in [0.717, 1.165) is 21.9 Å². The molecule has 0 aliphatic carbocycles. The van der Waals surface area contributed by atoms with E-state index >= 15 is 0 Å². The lowest BCUT2D eigenvalue weighted by atomic mass is 10.3.